The molecule has 0 spiro atoms. The number of nitrogens with zero attached hydrogens (tertiary/aromatic N) is 1. The van der Waals surface area contributed by atoms with Crippen LogP contribution in [0.2, 0.25) is 0 Å². The highest BCUT2D eigenvalue weighted by Gasteiger charge is 2.20. The van der Waals surface area contributed by atoms with Crippen LogP contribution in [-0.4, -0.2) is 46.3 Å². The fraction of sp³-hybridized carbons (Fsp3) is 0.357. The molecule has 1 aromatic heterocycles. The molecule has 1 amide bonds. The molecule has 2 aromatic carbocycles. The molecule has 1 heterocycles. The number of aromatic hydroxyl groups is 1. The van der Waals surface area contributed by atoms with Crippen LogP contribution >= 0.6 is 0 Å². The number of carbonyl (C=O) groups is 1. The van der Waals surface area contributed by atoms with E-state index in [-0.39, 0.29) is 17.2 Å². The van der Waals surface area contributed by atoms with Gasteiger partial charge in [0.1, 0.15) is 5.82 Å². The van der Waals surface area contributed by atoms with Crippen molar-refractivity contribution in [2.45, 2.75) is 45.3 Å². The maximum absolute atomic E-state index is 12.7. The van der Waals surface area contributed by atoms with Crippen molar-refractivity contribution in [3.8, 4) is 11.5 Å². The van der Waals surface area contributed by atoms with Crippen LogP contribution in [0.15, 0.2) is 60.8 Å². The summed E-state index contributed by atoms with van der Waals surface area (Å²) in [6, 6.07) is 16.2. The van der Waals surface area contributed by atoms with Crippen LogP contribution in [0.4, 0.5) is 5.82 Å². The molecule has 0 fully saturated rings. The van der Waals surface area contributed by atoms with E-state index < -0.39 is 6.10 Å². The van der Waals surface area contributed by atoms with Crippen molar-refractivity contribution in [3.63, 3.8) is 0 Å². The molecule has 36 heavy (non-hydrogen) atoms. The summed E-state index contributed by atoms with van der Waals surface area (Å²) in [4.78, 5) is 16.8. The van der Waals surface area contributed by atoms with E-state index in [4.69, 9.17) is 10.5 Å². The molecule has 6 N–H and O–H groups in total. The Labute approximate surface area is 212 Å². The standard InChI is InChI=1S/C28H36N4O4/c1-4-36-25-15-19(8-10-23(25)33)12-13-30-27(35)21-7-5-6-20(14-21)16-28(2,3)32-18-24(34)22-9-11-26(29)31-17-22/h5-11,14-15,17,24,32-34H,4,12-13,16,18H2,1-3H3,(H2,29,31)(H,30,35)/t24-/m0/s1. The Morgan fingerprint density at radius 1 is 1.14 bits per heavy atom. The van der Waals surface area contributed by atoms with Gasteiger partial charge in [-0.3, -0.25) is 4.79 Å². The number of aliphatic hydroxyl groups excluding tert-OH is 1. The van der Waals surface area contributed by atoms with Gasteiger partial charge in [0.2, 0.25) is 0 Å². The van der Waals surface area contributed by atoms with E-state index in [1.807, 2.05) is 31.2 Å². The van der Waals surface area contributed by atoms with Crippen LogP contribution in [0.3, 0.4) is 0 Å². The topological polar surface area (TPSA) is 130 Å². The summed E-state index contributed by atoms with van der Waals surface area (Å²) < 4.78 is 5.42. The van der Waals surface area contributed by atoms with Crippen molar-refractivity contribution in [1.29, 1.82) is 0 Å². The molecular weight excluding hydrogens is 456 g/mol. The van der Waals surface area contributed by atoms with Crippen LogP contribution in [0.5, 0.6) is 11.5 Å². The normalized spacial score (nSPS) is 12.2. The number of β-amino-alcohol motifs (C(OH)–C–C–N with tert-alkyl or cyclic N) is 1. The van der Waals surface area contributed by atoms with Gasteiger partial charge in [-0.1, -0.05) is 24.3 Å². The number of aromatic nitrogens is 1. The molecule has 0 aliphatic rings. The van der Waals surface area contributed by atoms with Gasteiger partial charge in [0.15, 0.2) is 11.5 Å². The Bertz CT molecular complexity index is 1150. The Morgan fingerprint density at radius 3 is 2.67 bits per heavy atom. The van der Waals surface area contributed by atoms with E-state index in [9.17, 15) is 15.0 Å². The van der Waals surface area contributed by atoms with Crippen molar-refractivity contribution in [2.24, 2.45) is 0 Å². The number of phenols is 1. The largest absolute Gasteiger partial charge is 0.504 e. The van der Waals surface area contributed by atoms with Gasteiger partial charge in [0, 0.05) is 36.0 Å². The molecule has 0 aliphatic carbocycles. The first-order valence-electron chi connectivity index (χ1n) is 12.1. The number of nitrogen functional groups attached to an aromatic ring is 1. The number of aliphatic hydroxyl groups is 1. The van der Waals surface area contributed by atoms with Gasteiger partial charge < -0.3 is 31.3 Å². The van der Waals surface area contributed by atoms with Crippen molar-refractivity contribution in [2.75, 3.05) is 25.4 Å². The molecule has 0 saturated heterocycles. The second kappa shape index (κ2) is 12.4. The average molecular weight is 493 g/mol. The van der Waals surface area contributed by atoms with Crippen molar-refractivity contribution in [3.05, 3.63) is 83.0 Å². The number of hydrogen-bond donors (Lipinski definition) is 5. The highest BCUT2D eigenvalue weighted by molar-refractivity contribution is 5.94. The summed E-state index contributed by atoms with van der Waals surface area (Å²) >= 11 is 0. The second-order valence-corrected chi connectivity index (χ2v) is 9.42. The number of nitrogens with one attached hydrogen (secondary N) is 2. The fourth-order valence-corrected chi connectivity index (χ4v) is 3.91. The maximum atomic E-state index is 12.7. The smallest absolute Gasteiger partial charge is 0.251 e. The van der Waals surface area contributed by atoms with Crippen molar-refractivity contribution < 1.29 is 19.7 Å². The number of carbonyl (C=O) groups excluding carboxylic acids is 1. The van der Waals surface area contributed by atoms with E-state index in [0.717, 1.165) is 11.1 Å². The number of benzene rings is 2. The predicted octanol–water partition coefficient (Wildman–Crippen LogP) is 3.38. The van der Waals surface area contributed by atoms with E-state index in [0.29, 0.717) is 55.2 Å². The SMILES string of the molecule is CCOc1cc(CCNC(=O)c2cccc(CC(C)(C)NC[C@H](O)c3ccc(N)nc3)c2)ccc1O. The number of amides is 1. The van der Waals surface area contributed by atoms with Crippen LogP contribution < -0.4 is 21.1 Å². The number of anilines is 1. The molecular formula is C28H36N4O4. The maximum Gasteiger partial charge on any atom is 0.251 e. The average Bonchev–Trinajstić information content (AvgIpc) is 2.85. The minimum Gasteiger partial charge on any atom is -0.504 e. The minimum absolute atomic E-state index is 0.107. The lowest BCUT2D eigenvalue weighted by Gasteiger charge is -2.28. The summed E-state index contributed by atoms with van der Waals surface area (Å²) in [6.45, 7) is 7.27. The van der Waals surface area contributed by atoms with Crippen LogP contribution in [0, 0.1) is 0 Å². The monoisotopic (exact) mass is 492 g/mol. The van der Waals surface area contributed by atoms with Gasteiger partial charge in [0.05, 0.1) is 12.7 Å². The Hall–Kier alpha value is -3.62. The van der Waals surface area contributed by atoms with Crippen LogP contribution in [0.25, 0.3) is 0 Å². The molecule has 8 nitrogen and oxygen atoms in total. The van der Waals surface area contributed by atoms with Gasteiger partial charge in [-0.25, -0.2) is 4.98 Å². The van der Waals surface area contributed by atoms with Gasteiger partial charge in [-0.2, -0.15) is 0 Å². The third kappa shape index (κ3) is 7.96. The zero-order chi connectivity index (χ0) is 26.1. The number of nitrogens with two attached hydrogens (primary N) is 1. The van der Waals surface area contributed by atoms with Gasteiger partial charge >= 0.3 is 0 Å². The number of ether oxygens (including phenoxy) is 1. The number of rotatable bonds is 12. The first-order valence-corrected chi connectivity index (χ1v) is 12.1. The Morgan fingerprint density at radius 2 is 1.94 bits per heavy atom. The van der Waals surface area contributed by atoms with E-state index in [1.165, 1.54) is 0 Å². The zero-order valence-corrected chi connectivity index (χ0v) is 21.1. The summed E-state index contributed by atoms with van der Waals surface area (Å²) in [5, 5.41) is 26.7. The minimum atomic E-state index is -0.701. The predicted molar refractivity (Wildman–Crippen MR) is 141 cm³/mol. The van der Waals surface area contributed by atoms with Crippen molar-refractivity contribution >= 4 is 11.7 Å². The third-order valence-electron chi connectivity index (χ3n) is 5.83. The Kier molecular flexibility index (Phi) is 9.27. The van der Waals surface area contributed by atoms with E-state index in [1.54, 1.807) is 36.5 Å². The molecule has 0 bridgehead atoms. The molecule has 3 rings (SSSR count). The molecule has 0 aliphatic heterocycles. The lowest BCUT2D eigenvalue weighted by molar-refractivity contribution is 0.0954. The zero-order valence-electron chi connectivity index (χ0n) is 21.1. The van der Waals surface area contributed by atoms with Gasteiger partial charge in [-0.15, -0.1) is 0 Å². The van der Waals surface area contributed by atoms with Crippen LogP contribution in [-0.2, 0) is 12.8 Å². The first-order chi connectivity index (χ1) is 17.2. The highest BCUT2D eigenvalue weighted by atomic mass is 16.5. The molecule has 0 saturated carbocycles. The third-order valence-corrected chi connectivity index (χ3v) is 5.83. The van der Waals surface area contributed by atoms with E-state index >= 15 is 0 Å². The summed E-state index contributed by atoms with van der Waals surface area (Å²) in [6.07, 6.45) is 2.17. The summed E-state index contributed by atoms with van der Waals surface area (Å²) in [5.41, 5.74) is 8.58. The number of phenolic OH excluding ortho intramolecular Hbond substituents is 1. The quantitative estimate of drug-likeness (QED) is 0.262. The van der Waals surface area contributed by atoms with Crippen molar-refractivity contribution in [1.82, 2.24) is 15.6 Å². The Balaban J connectivity index is 1.52. The van der Waals surface area contributed by atoms with Gasteiger partial charge in [0.25, 0.3) is 5.91 Å². The number of pyridine rings is 1. The molecule has 1 atom stereocenters. The van der Waals surface area contributed by atoms with Crippen LogP contribution in [0.1, 0.15) is 53.9 Å². The molecule has 0 radical (unpaired) electrons. The summed E-state index contributed by atoms with van der Waals surface area (Å²) in [7, 11) is 0. The molecule has 192 valence electrons. The lowest BCUT2D eigenvalue weighted by Crippen LogP contribution is -2.43. The highest BCUT2D eigenvalue weighted by Crippen LogP contribution is 2.27. The lowest BCUT2D eigenvalue weighted by atomic mass is 9.93. The molecule has 3 aromatic rings. The van der Waals surface area contributed by atoms with E-state index in [2.05, 4.69) is 29.5 Å². The molecule has 0 unspecified atom stereocenters. The fourth-order valence-electron chi connectivity index (χ4n) is 3.91. The van der Waals surface area contributed by atoms with Gasteiger partial charge in [-0.05, 0) is 75.1 Å². The summed E-state index contributed by atoms with van der Waals surface area (Å²) in [5.74, 6) is 0.829. The first kappa shape index (κ1) is 27.0. The second-order valence-electron chi connectivity index (χ2n) is 9.42. The number of hydrogen-bond acceptors (Lipinski definition) is 7. The molecule has 8 heteroatoms.